The maximum Gasteiger partial charge on any atom is 0.309 e. The second-order valence-corrected chi connectivity index (χ2v) is 7.58. The molecule has 0 fully saturated rings. The number of ether oxygens (including phenoxy) is 1. The summed E-state index contributed by atoms with van der Waals surface area (Å²) < 4.78 is 5.34. The lowest BCUT2D eigenvalue weighted by Gasteiger charge is -2.25. The molecule has 0 heterocycles. The first-order valence-electron chi connectivity index (χ1n) is 9.08. The van der Waals surface area contributed by atoms with E-state index in [1.807, 2.05) is 44.2 Å². The van der Waals surface area contributed by atoms with Crippen molar-refractivity contribution < 1.29 is 9.53 Å². The van der Waals surface area contributed by atoms with Gasteiger partial charge in [0.1, 0.15) is 6.61 Å². The molecule has 0 saturated carbocycles. The van der Waals surface area contributed by atoms with Crippen LogP contribution in [0.25, 0.3) is 0 Å². The summed E-state index contributed by atoms with van der Waals surface area (Å²) in [6, 6.07) is 9.79. The largest absolute Gasteiger partial charge is 0.461 e. The zero-order chi connectivity index (χ0) is 19.5. The SMILES string of the molecule is CCC(C)(C)CC(C)C(=O)OCc1ccccc1.[B]C([B])([B])CCC. The van der Waals surface area contributed by atoms with Crippen molar-refractivity contribution in [3.05, 3.63) is 35.9 Å². The third-order valence-electron chi connectivity index (χ3n) is 4.13. The number of rotatable bonds is 8. The highest BCUT2D eigenvalue weighted by Crippen LogP contribution is 2.29. The van der Waals surface area contributed by atoms with Gasteiger partial charge in [0.15, 0.2) is 0 Å². The number of carbonyl (C=O) groups is 1. The Balaban J connectivity index is 0.000000697. The highest BCUT2D eigenvalue weighted by molar-refractivity contribution is 6.58. The van der Waals surface area contributed by atoms with E-state index in [2.05, 4.69) is 20.8 Å². The van der Waals surface area contributed by atoms with Crippen molar-refractivity contribution in [2.24, 2.45) is 11.3 Å². The lowest BCUT2D eigenvalue weighted by molar-refractivity contribution is -0.150. The first-order valence-corrected chi connectivity index (χ1v) is 9.08. The molecule has 2 nitrogen and oxygen atoms in total. The molecule has 1 atom stereocenters. The van der Waals surface area contributed by atoms with E-state index in [0.29, 0.717) is 13.0 Å². The zero-order valence-electron chi connectivity index (χ0n) is 16.5. The van der Waals surface area contributed by atoms with Crippen LogP contribution in [0.2, 0.25) is 5.11 Å². The summed E-state index contributed by atoms with van der Waals surface area (Å²) in [7, 11) is 15.6. The van der Waals surface area contributed by atoms with Crippen molar-refractivity contribution in [2.45, 2.75) is 72.0 Å². The maximum atomic E-state index is 11.9. The fourth-order valence-corrected chi connectivity index (χ4v) is 2.36. The Bertz CT molecular complexity index is 481. The highest BCUT2D eigenvalue weighted by Gasteiger charge is 2.24. The van der Waals surface area contributed by atoms with Gasteiger partial charge in [0, 0.05) is 0 Å². The first-order chi connectivity index (χ1) is 11.5. The smallest absolute Gasteiger partial charge is 0.309 e. The lowest BCUT2D eigenvalue weighted by Crippen LogP contribution is -2.22. The molecule has 0 spiro atoms. The summed E-state index contributed by atoms with van der Waals surface area (Å²) in [6.45, 7) is 10.8. The van der Waals surface area contributed by atoms with Gasteiger partial charge in [-0.15, -0.1) is 5.11 Å². The van der Waals surface area contributed by atoms with Crippen molar-refractivity contribution in [3.63, 3.8) is 0 Å². The second kappa shape index (κ2) is 11.5. The van der Waals surface area contributed by atoms with E-state index < -0.39 is 5.11 Å². The minimum absolute atomic E-state index is 0.0383. The Kier molecular flexibility index (Phi) is 11.0. The quantitative estimate of drug-likeness (QED) is 0.514. The molecule has 0 aliphatic rings. The molecule has 6 radical (unpaired) electrons. The fraction of sp³-hybridized carbons (Fsp3) is 0.650. The third-order valence-corrected chi connectivity index (χ3v) is 4.13. The molecule has 1 rings (SSSR count). The molecule has 0 amide bonds. The number of hydrogen-bond acceptors (Lipinski definition) is 2. The van der Waals surface area contributed by atoms with Crippen LogP contribution >= 0.6 is 0 Å². The van der Waals surface area contributed by atoms with Gasteiger partial charge >= 0.3 is 5.97 Å². The highest BCUT2D eigenvalue weighted by atomic mass is 16.5. The minimum Gasteiger partial charge on any atom is -0.461 e. The van der Waals surface area contributed by atoms with Crippen LogP contribution < -0.4 is 0 Å². The summed E-state index contributed by atoms with van der Waals surface area (Å²) in [4.78, 5) is 11.9. The van der Waals surface area contributed by atoms with Crippen LogP contribution in [0.15, 0.2) is 30.3 Å². The van der Waals surface area contributed by atoms with Crippen molar-refractivity contribution >= 4 is 29.5 Å². The Morgan fingerprint density at radius 3 is 2.08 bits per heavy atom. The van der Waals surface area contributed by atoms with Gasteiger partial charge in [-0.1, -0.05) is 84.2 Å². The van der Waals surface area contributed by atoms with Crippen LogP contribution in [0.3, 0.4) is 0 Å². The third kappa shape index (κ3) is 12.8. The molecule has 0 saturated heterocycles. The summed E-state index contributed by atoms with van der Waals surface area (Å²) in [5.41, 5.74) is 1.23. The van der Waals surface area contributed by atoms with Crippen LogP contribution in [-0.2, 0) is 16.1 Å². The number of carbonyl (C=O) groups excluding carboxylic acids is 1. The van der Waals surface area contributed by atoms with Gasteiger partial charge in [0.05, 0.1) is 29.5 Å². The van der Waals surface area contributed by atoms with Crippen LogP contribution in [0, 0.1) is 11.3 Å². The summed E-state index contributed by atoms with van der Waals surface area (Å²) >= 11 is 0. The molecular formula is C20H31B3O2. The standard InChI is InChI=1S/C16H24O2.C4H7B3/c1-5-16(3,4)11-13(2)15(17)18-12-14-9-7-6-8-10-14;1-2-3-4(5,6)7/h6-10,13H,5,11-12H2,1-4H3;2-3H2,1H3. The van der Waals surface area contributed by atoms with Gasteiger partial charge in [0.25, 0.3) is 0 Å². The molecule has 1 aromatic rings. The van der Waals surface area contributed by atoms with Crippen LogP contribution in [0.4, 0.5) is 0 Å². The van der Waals surface area contributed by atoms with Crippen molar-refractivity contribution in [1.82, 2.24) is 0 Å². The molecule has 0 aliphatic carbocycles. The molecule has 1 unspecified atom stereocenters. The predicted octanol–water partition coefficient (Wildman–Crippen LogP) is 4.56. The summed E-state index contributed by atoms with van der Waals surface area (Å²) in [5, 5.41) is -0.950. The molecule has 0 aromatic heterocycles. The first kappa shape index (κ1) is 23.9. The van der Waals surface area contributed by atoms with E-state index >= 15 is 0 Å². The van der Waals surface area contributed by atoms with Crippen molar-refractivity contribution in [3.8, 4) is 0 Å². The van der Waals surface area contributed by atoms with Crippen molar-refractivity contribution in [2.75, 3.05) is 0 Å². The van der Waals surface area contributed by atoms with E-state index in [-0.39, 0.29) is 17.3 Å². The summed E-state index contributed by atoms with van der Waals surface area (Å²) in [6.07, 6.45) is 3.55. The molecule has 1 aromatic carbocycles. The lowest BCUT2D eigenvalue weighted by atomic mass is 9.41. The summed E-state index contributed by atoms with van der Waals surface area (Å²) in [5.74, 6) is -0.135. The Morgan fingerprint density at radius 1 is 1.12 bits per heavy atom. The fourth-order valence-electron chi connectivity index (χ4n) is 2.36. The second-order valence-electron chi connectivity index (χ2n) is 7.58. The van der Waals surface area contributed by atoms with Crippen LogP contribution in [0.1, 0.15) is 65.9 Å². The Hall–Kier alpha value is -1.12. The van der Waals surface area contributed by atoms with Gasteiger partial charge in [-0.25, -0.2) is 0 Å². The van der Waals surface area contributed by atoms with Gasteiger partial charge in [-0.3, -0.25) is 4.79 Å². The molecule has 0 bridgehead atoms. The molecule has 0 N–H and O–H groups in total. The van der Waals surface area contributed by atoms with E-state index in [4.69, 9.17) is 28.3 Å². The minimum atomic E-state index is -0.950. The van der Waals surface area contributed by atoms with E-state index in [1.54, 1.807) is 0 Å². The average molecular weight is 336 g/mol. The number of hydrogen-bond donors (Lipinski definition) is 0. The maximum absolute atomic E-state index is 11.9. The topological polar surface area (TPSA) is 26.3 Å². The van der Waals surface area contributed by atoms with Gasteiger partial charge in [-0.2, -0.15) is 0 Å². The van der Waals surface area contributed by atoms with E-state index in [9.17, 15) is 4.79 Å². The normalized spacial score (nSPS) is 12.7. The molecule has 0 aliphatic heterocycles. The van der Waals surface area contributed by atoms with Crippen LogP contribution in [0.5, 0.6) is 0 Å². The molecular weight excluding hydrogens is 305 g/mol. The molecule has 5 heteroatoms. The van der Waals surface area contributed by atoms with Gasteiger partial charge < -0.3 is 4.74 Å². The van der Waals surface area contributed by atoms with Gasteiger partial charge in [-0.05, 0) is 17.4 Å². The predicted molar refractivity (Wildman–Crippen MR) is 109 cm³/mol. The molecule has 25 heavy (non-hydrogen) atoms. The zero-order valence-corrected chi connectivity index (χ0v) is 16.5. The van der Waals surface area contributed by atoms with Crippen molar-refractivity contribution in [1.29, 1.82) is 0 Å². The monoisotopic (exact) mass is 336 g/mol. The van der Waals surface area contributed by atoms with Gasteiger partial charge in [0.2, 0.25) is 0 Å². The van der Waals surface area contributed by atoms with E-state index in [0.717, 1.165) is 24.8 Å². The van der Waals surface area contributed by atoms with Crippen LogP contribution in [-0.4, -0.2) is 29.5 Å². The Morgan fingerprint density at radius 2 is 1.68 bits per heavy atom. The Labute approximate surface area is 158 Å². The average Bonchev–Trinajstić information content (AvgIpc) is 2.52. The molecule has 132 valence electrons. The number of esters is 1. The number of benzene rings is 1. The van der Waals surface area contributed by atoms with E-state index in [1.165, 1.54) is 0 Å².